The van der Waals surface area contributed by atoms with Crippen molar-refractivity contribution in [1.29, 1.82) is 0 Å². The fourth-order valence-corrected chi connectivity index (χ4v) is 2.15. The molecule has 1 atom stereocenters. The number of rotatable bonds is 4. The van der Waals surface area contributed by atoms with Crippen LogP contribution >= 0.6 is 0 Å². The fraction of sp³-hybridized carbons (Fsp3) is 0.538. The summed E-state index contributed by atoms with van der Waals surface area (Å²) >= 11 is 0. The average Bonchev–Trinajstić information content (AvgIpc) is 2.40. The maximum atomic E-state index is 12.0. The van der Waals surface area contributed by atoms with E-state index in [9.17, 15) is 4.79 Å². The molecule has 2 heterocycles. The molecule has 0 radical (unpaired) electrons. The highest BCUT2D eigenvalue weighted by molar-refractivity contribution is 5.94. The van der Waals surface area contributed by atoms with E-state index in [0.717, 1.165) is 26.2 Å². The summed E-state index contributed by atoms with van der Waals surface area (Å²) in [6, 6.07) is 5.77. The standard InChI is InChI=1S/C13H19N3O/c1-11(16-8-6-14-7-9-16)10-13(17)12-4-2-3-5-15-12/h2-5,11,14H,6-10H2,1H3. The molecule has 1 aromatic rings. The van der Waals surface area contributed by atoms with Gasteiger partial charge in [-0.1, -0.05) is 6.07 Å². The lowest BCUT2D eigenvalue weighted by molar-refractivity contribution is 0.0913. The Morgan fingerprint density at radius 1 is 1.47 bits per heavy atom. The van der Waals surface area contributed by atoms with Crippen molar-refractivity contribution in [3.8, 4) is 0 Å². The van der Waals surface area contributed by atoms with E-state index in [0.29, 0.717) is 18.2 Å². The first-order chi connectivity index (χ1) is 8.27. The summed E-state index contributed by atoms with van der Waals surface area (Å²) in [4.78, 5) is 18.4. The van der Waals surface area contributed by atoms with Crippen LogP contribution in [-0.2, 0) is 0 Å². The van der Waals surface area contributed by atoms with Gasteiger partial charge >= 0.3 is 0 Å². The molecule has 1 N–H and O–H groups in total. The third kappa shape index (κ3) is 3.35. The zero-order chi connectivity index (χ0) is 12.1. The minimum absolute atomic E-state index is 0.136. The van der Waals surface area contributed by atoms with Gasteiger partial charge in [-0.05, 0) is 19.1 Å². The number of aromatic nitrogens is 1. The molecule has 0 aromatic carbocycles. The Balaban J connectivity index is 1.89. The molecule has 0 aliphatic carbocycles. The molecule has 0 bridgehead atoms. The highest BCUT2D eigenvalue weighted by Crippen LogP contribution is 2.09. The average molecular weight is 233 g/mol. The number of nitrogens with zero attached hydrogens (tertiary/aromatic N) is 2. The Hall–Kier alpha value is -1.26. The zero-order valence-corrected chi connectivity index (χ0v) is 10.2. The minimum Gasteiger partial charge on any atom is -0.314 e. The number of piperazine rings is 1. The Bertz CT molecular complexity index is 360. The smallest absolute Gasteiger partial charge is 0.182 e. The molecule has 0 amide bonds. The summed E-state index contributed by atoms with van der Waals surface area (Å²) in [6.45, 7) is 6.20. The number of carbonyl (C=O) groups is 1. The largest absolute Gasteiger partial charge is 0.314 e. The van der Waals surface area contributed by atoms with Gasteiger partial charge in [-0.3, -0.25) is 14.7 Å². The van der Waals surface area contributed by atoms with E-state index in [2.05, 4.69) is 22.1 Å². The highest BCUT2D eigenvalue weighted by atomic mass is 16.1. The van der Waals surface area contributed by atoms with Crippen LogP contribution in [0.4, 0.5) is 0 Å². The molecule has 1 unspecified atom stereocenters. The number of nitrogens with one attached hydrogen (secondary N) is 1. The summed E-state index contributed by atoms with van der Waals surface area (Å²) in [6.07, 6.45) is 2.22. The maximum absolute atomic E-state index is 12.0. The maximum Gasteiger partial charge on any atom is 0.182 e. The summed E-state index contributed by atoms with van der Waals surface area (Å²) < 4.78 is 0. The molecule has 0 spiro atoms. The van der Waals surface area contributed by atoms with Crippen LogP contribution < -0.4 is 5.32 Å². The molecular formula is C13H19N3O. The molecule has 4 heteroatoms. The topological polar surface area (TPSA) is 45.2 Å². The van der Waals surface area contributed by atoms with E-state index in [-0.39, 0.29) is 5.78 Å². The number of hydrogen-bond acceptors (Lipinski definition) is 4. The summed E-state index contributed by atoms with van der Waals surface area (Å²) in [7, 11) is 0. The van der Waals surface area contributed by atoms with Crippen molar-refractivity contribution in [3.63, 3.8) is 0 Å². The Morgan fingerprint density at radius 2 is 2.24 bits per heavy atom. The van der Waals surface area contributed by atoms with E-state index in [1.165, 1.54) is 0 Å². The van der Waals surface area contributed by atoms with Crippen LogP contribution in [0.25, 0.3) is 0 Å². The molecule has 1 fully saturated rings. The van der Waals surface area contributed by atoms with E-state index >= 15 is 0 Å². The summed E-state index contributed by atoms with van der Waals surface area (Å²) in [5, 5.41) is 3.32. The van der Waals surface area contributed by atoms with Crippen molar-refractivity contribution in [3.05, 3.63) is 30.1 Å². The fourth-order valence-electron chi connectivity index (χ4n) is 2.15. The van der Waals surface area contributed by atoms with Crippen LogP contribution in [0.3, 0.4) is 0 Å². The molecule has 92 valence electrons. The van der Waals surface area contributed by atoms with Gasteiger partial charge in [0.2, 0.25) is 0 Å². The van der Waals surface area contributed by atoms with Gasteiger partial charge in [0.05, 0.1) is 0 Å². The molecule has 2 rings (SSSR count). The molecule has 1 aromatic heterocycles. The predicted octanol–water partition coefficient (Wildman–Crippen LogP) is 0.948. The van der Waals surface area contributed by atoms with Crippen LogP contribution in [0.5, 0.6) is 0 Å². The van der Waals surface area contributed by atoms with Gasteiger partial charge in [0, 0.05) is 44.8 Å². The summed E-state index contributed by atoms with van der Waals surface area (Å²) in [5.74, 6) is 0.136. The minimum atomic E-state index is 0.136. The molecule has 1 aliphatic heterocycles. The first-order valence-corrected chi connectivity index (χ1v) is 6.16. The van der Waals surface area contributed by atoms with Crippen LogP contribution in [0.1, 0.15) is 23.8 Å². The zero-order valence-electron chi connectivity index (χ0n) is 10.2. The van der Waals surface area contributed by atoms with E-state index in [1.54, 1.807) is 12.3 Å². The molecule has 17 heavy (non-hydrogen) atoms. The van der Waals surface area contributed by atoms with Crippen molar-refractivity contribution in [1.82, 2.24) is 15.2 Å². The van der Waals surface area contributed by atoms with Crippen molar-refractivity contribution in [2.75, 3.05) is 26.2 Å². The number of ketones is 1. The SMILES string of the molecule is CC(CC(=O)c1ccccn1)N1CCNCC1. The van der Waals surface area contributed by atoms with Crippen LogP contribution in [-0.4, -0.2) is 47.9 Å². The Morgan fingerprint density at radius 3 is 2.88 bits per heavy atom. The first kappa shape index (κ1) is 12.2. The van der Waals surface area contributed by atoms with Crippen molar-refractivity contribution in [2.45, 2.75) is 19.4 Å². The molecule has 0 saturated carbocycles. The molecule has 1 saturated heterocycles. The molecular weight excluding hydrogens is 214 g/mol. The van der Waals surface area contributed by atoms with Gasteiger partial charge in [0.1, 0.15) is 5.69 Å². The van der Waals surface area contributed by atoms with Crippen molar-refractivity contribution in [2.24, 2.45) is 0 Å². The number of Topliss-reactive ketones (excluding diaryl/α,β-unsaturated/α-hetero) is 1. The quantitative estimate of drug-likeness (QED) is 0.786. The van der Waals surface area contributed by atoms with E-state index in [1.807, 2.05) is 12.1 Å². The van der Waals surface area contributed by atoms with Crippen LogP contribution in [0, 0.1) is 0 Å². The van der Waals surface area contributed by atoms with E-state index in [4.69, 9.17) is 0 Å². The second-order valence-electron chi connectivity index (χ2n) is 4.48. The van der Waals surface area contributed by atoms with Crippen molar-refractivity contribution >= 4 is 5.78 Å². The third-order valence-electron chi connectivity index (χ3n) is 3.21. The van der Waals surface area contributed by atoms with E-state index < -0.39 is 0 Å². The van der Waals surface area contributed by atoms with Crippen LogP contribution in [0.2, 0.25) is 0 Å². The predicted molar refractivity (Wildman–Crippen MR) is 67.1 cm³/mol. The molecule has 1 aliphatic rings. The van der Waals surface area contributed by atoms with Gasteiger partial charge in [-0.15, -0.1) is 0 Å². The van der Waals surface area contributed by atoms with Crippen LogP contribution in [0.15, 0.2) is 24.4 Å². The lowest BCUT2D eigenvalue weighted by atomic mass is 10.1. The molecule has 4 nitrogen and oxygen atoms in total. The second-order valence-corrected chi connectivity index (χ2v) is 4.48. The lowest BCUT2D eigenvalue weighted by Crippen LogP contribution is -2.48. The summed E-state index contributed by atoms with van der Waals surface area (Å²) in [5.41, 5.74) is 0.578. The number of carbonyl (C=O) groups excluding carboxylic acids is 1. The monoisotopic (exact) mass is 233 g/mol. The van der Waals surface area contributed by atoms with Gasteiger partial charge in [-0.25, -0.2) is 0 Å². The lowest BCUT2D eigenvalue weighted by Gasteiger charge is -2.32. The van der Waals surface area contributed by atoms with Gasteiger partial charge in [-0.2, -0.15) is 0 Å². The van der Waals surface area contributed by atoms with Gasteiger partial charge in [0.15, 0.2) is 5.78 Å². The second kappa shape index (κ2) is 5.89. The van der Waals surface area contributed by atoms with Gasteiger partial charge < -0.3 is 5.32 Å². The Kier molecular flexibility index (Phi) is 4.23. The number of hydrogen-bond donors (Lipinski definition) is 1. The highest BCUT2D eigenvalue weighted by Gasteiger charge is 2.19. The number of pyridine rings is 1. The van der Waals surface area contributed by atoms with Crippen molar-refractivity contribution < 1.29 is 4.79 Å². The third-order valence-corrected chi connectivity index (χ3v) is 3.21. The first-order valence-electron chi connectivity index (χ1n) is 6.16. The van der Waals surface area contributed by atoms with Gasteiger partial charge in [0.25, 0.3) is 0 Å². The Labute approximate surface area is 102 Å². The normalized spacial score (nSPS) is 18.9.